The second kappa shape index (κ2) is 5.58. The molecule has 1 aliphatic rings. The highest BCUT2D eigenvalue weighted by Crippen LogP contribution is 2.18. The number of hydrogen-bond acceptors (Lipinski definition) is 3. The summed E-state index contributed by atoms with van der Waals surface area (Å²) in [5.74, 6) is 0.375. The van der Waals surface area contributed by atoms with E-state index in [4.69, 9.17) is 5.11 Å². The topological polar surface area (TPSA) is 43.7 Å². The lowest BCUT2D eigenvalue weighted by Crippen LogP contribution is -2.43. The Bertz CT molecular complexity index is 141. The van der Waals surface area contributed by atoms with Gasteiger partial charge in [0.15, 0.2) is 0 Å². The first-order valence-corrected chi connectivity index (χ1v) is 5.31. The van der Waals surface area contributed by atoms with Gasteiger partial charge in [0.1, 0.15) is 6.23 Å². The summed E-state index contributed by atoms with van der Waals surface area (Å²) in [5, 5.41) is 18.7. The number of aliphatic hydroxyl groups excluding tert-OH is 2. The second-order valence-corrected chi connectivity index (χ2v) is 3.96. The van der Waals surface area contributed by atoms with Crippen molar-refractivity contribution in [1.29, 1.82) is 0 Å². The fourth-order valence-electron chi connectivity index (χ4n) is 1.96. The Morgan fingerprint density at radius 3 is 2.92 bits per heavy atom. The third kappa shape index (κ3) is 3.25. The molecule has 2 N–H and O–H groups in total. The molecule has 0 radical (unpaired) electrons. The molecule has 3 nitrogen and oxygen atoms in total. The number of hydrogen-bond donors (Lipinski definition) is 2. The Kier molecular flexibility index (Phi) is 4.70. The largest absolute Gasteiger partial charge is 0.396 e. The molecule has 0 aromatic carbocycles. The zero-order valence-corrected chi connectivity index (χ0v) is 8.45. The van der Waals surface area contributed by atoms with Gasteiger partial charge in [0.25, 0.3) is 0 Å². The lowest BCUT2D eigenvalue weighted by atomic mass is 9.98. The van der Waals surface area contributed by atoms with Crippen LogP contribution in [0.4, 0.5) is 0 Å². The van der Waals surface area contributed by atoms with E-state index in [-0.39, 0.29) is 12.8 Å². The third-order valence-corrected chi connectivity index (χ3v) is 2.78. The molecule has 0 spiro atoms. The van der Waals surface area contributed by atoms with Gasteiger partial charge in [-0.15, -0.1) is 0 Å². The molecule has 1 fully saturated rings. The fourth-order valence-corrected chi connectivity index (χ4v) is 1.96. The minimum atomic E-state index is -0.292. The summed E-state index contributed by atoms with van der Waals surface area (Å²) < 4.78 is 0. The predicted octanol–water partition coefficient (Wildman–Crippen LogP) is 0.809. The highest BCUT2D eigenvalue weighted by atomic mass is 16.3. The van der Waals surface area contributed by atoms with Crippen LogP contribution in [0.1, 0.15) is 32.6 Å². The number of rotatable bonds is 4. The van der Waals surface area contributed by atoms with Crippen LogP contribution in [0.3, 0.4) is 0 Å². The summed E-state index contributed by atoms with van der Waals surface area (Å²) in [5.41, 5.74) is 0. The summed E-state index contributed by atoms with van der Waals surface area (Å²) in [6.07, 6.45) is 3.77. The molecule has 0 saturated carbocycles. The molecule has 13 heavy (non-hydrogen) atoms. The minimum Gasteiger partial charge on any atom is -0.396 e. The Hall–Kier alpha value is -0.120. The van der Waals surface area contributed by atoms with Gasteiger partial charge in [-0.3, -0.25) is 4.90 Å². The Labute approximate surface area is 80.4 Å². The molecule has 0 aromatic heterocycles. The highest BCUT2D eigenvalue weighted by Gasteiger charge is 2.23. The highest BCUT2D eigenvalue weighted by molar-refractivity contribution is 4.73. The van der Waals surface area contributed by atoms with Crippen molar-refractivity contribution in [2.24, 2.45) is 5.92 Å². The van der Waals surface area contributed by atoms with Gasteiger partial charge in [0.05, 0.1) is 0 Å². The molecule has 1 saturated heterocycles. The van der Waals surface area contributed by atoms with E-state index in [0.717, 1.165) is 38.8 Å². The Morgan fingerprint density at radius 1 is 1.54 bits per heavy atom. The SMILES string of the molecule is CCCC(O)N1CCCC(CO)C1. The van der Waals surface area contributed by atoms with Crippen molar-refractivity contribution in [3.8, 4) is 0 Å². The van der Waals surface area contributed by atoms with Crippen LogP contribution in [-0.2, 0) is 0 Å². The van der Waals surface area contributed by atoms with Gasteiger partial charge >= 0.3 is 0 Å². The maximum Gasteiger partial charge on any atom is 0.107 e. The first-order valence-electron chi connectivity index (χ1n) is 5.31. The molecule has 2 atom stereocenters. The maximum atomic E-state index is 9.73. The molecule has 78 valence electrons. The van der Waals surface area contributed by atoms with Crippen LogP contribution in [-0.4, -0.2) is 41.0 Å². The van der Waals surface area contributed by atoms with E-state index in [1.165, 1.54) is 0 Å². The summed E-state index contributed by atoms with van der Waals surface area (Å²) >= 11 is 0. The van der Waals surface area contributed by atoms with Crippen molar-refractivity contribution < 1.29 is 10.2 Å². The van der Waals surface area contributed by atoms with Gasteiger partial charge in [-0.25, -0.2) is 0 Å². The lowest BCUT2D eigenvalue weighted by Gasteiger charge is -2.35. The van der Waals surface area contributed by atoms with E-state index >= 15 is 0 Å². The lowest BCUT2D eigenvalue weighted by molar-refractivity contribution is -0.0335. The average molecular weight is 187 g/mol. The van der Waals surface area contributed by atoms with E-state index in [0.29, 0.717) is 5.92 Å². The molecule has 0 aliphatic carbocycles. The Morgan fingerprint density at radius 2 is 2.31 bits per heavy atom. The molecule has 0 aromatic rings. The zero-order valence-electron chi connectivity index (χ0n) is 8.45. The van der Waals surface area contributed by atoms with Crippen molar-refractivity contribution in [2.75, 3.05) is 19.7 Å². The quantitative estimate of drug-likeness (QED) is 0.684. The zero-order chi connectivity index (χ0) is 9.68. The van der Waals surface area contributed by atoms with Gasteiger partial charge in [0.2, 0.25) is 0 Å². The fraction of sp³-hybridized carbons (Fsp3) is 1.00. The van der Waals surface area contributed by atoms with Crippen LogP contribution in [0.5, 0.6) is 0 Å². The van der Waals surface area contributed by atoms with Crippen LogP contribution in [0.25, 0.3) is 0 Å². The van der Waals surface area contributed by atoms with Crippen LogP contribution >= 0.6 is 0 Å². The van der Waals surface area contributed by atoms with Gasteiger partial charge in [-0.1, -0.05) is 13.3 Å². The summed E-state index contributed by atoms with van der Waals surface area (Å²) in [6, 6.07) is 0. The van der Waals surface area contributed by atoms with Crippen LogP contribution < -0.4 is 0 Å². The monoisotopic (exact) mass is 187 g/mol. The molecule has 0 bridgehead atoms. The smallest absolute Gasteiger partial charge is 0.107 e. The average Bonchev–Trinajstić information content (AvgIpc) is 2.18. The van der Waals surface area contributed by atoms with Crippen LogP contribution in [0.15, 0.2) is 0 Å². The molecule has 1 heterocycles. The van der Waals surface area contributed by atoms with Crippen molar-refractivity contribution in [2.45, 2.75) is 38.8 Å². The third-order valence-electron chi connectivity index (χ3n) is 2.78. The molecular weight excluding hydrogens is 166 g/mol. The van der Waals surface area contributed by atoms with Crippen LogP contribution in [0, 0.1) is 5.92 Å². The molecule has 1 rings (SSSR count). The maximum absolute atomic E-state index is 9.73. The van der Waals surface area contributed by atoms with Gasteiger partial charge in [-0.2, -0.15) is 0 Å². The number of likely N-dealkylation sites (tertiary alicyclic amines) is 1. The van der Waals surface area contributed by atoms with E-state index < -0.39 is 0 Å². The molecule has 3 heteroatoms. The first-order chi connectivity index (χ1) is 6.27. The normalized spacial score (nSPS) is 27.5. The minimum absolute atomic E-state index is 0.259. The molecule has 2 unspecified atom stereocenters. The van der Waals surface area contributed by atoms with Gasteiger partial charge in [-0.05, 0) is 25.2 Å². The van der Waals surface area contributed by atoms with Crippen molar-refractivity contribution in [3.63, 3.8) is 0 Å². The standard InChI is InChI=1S/C10H21NO2/c1-2-4-10(13)11-6-3-5-9(7-11)8-12/h9-10,12-13H,2-8H2,1H3. The summed E-state index contributed by atoms with van der Waals surface area (Å²) in [6.45, 7) is 4.18. The predicted molar refractivity (Wildman–Crippen MR) is 52.3 cm³/mol. The number of nitrogens with zero attached hydrogens (tertiary/aromatic N) is 1. The molecule has 0 amide bonds. The van der Waals surface area contributed by atoms with Crippen molar-refractivity contribution in [3.05, 3.63) is 0 Å². The van der Waals surface area contributed by atoms with Crippen molar-refractivity contribution in [1.82, 2.24) is 4.90 Å². The number of piperidine rings is 1. The molecule has 1 aliphatic heterocycles. The van der Waals surface area contributed by atoms with Gasteiger partial charge < -0.3 is 10.2 Å². The van der Waals surface area contributed by atoms with Crippen LogP contribution in [0.2, 0.25) is 0 Å². The molecular formula is C10H21NO2. The van der Waals surface area contributed by atoms with E-state index in [9.17, 15) is 5.11 Å². The first kappa shape index (κ1) is 11.0. The van der Waals surface area contributed by atoms with E-state index in [2.05, 4.69) is 11.8 Å². The van der Waals surface area contributed by atoms with E-state index in [1.54, 1.807) is 0 Å². The summed E-state index contributed by atoms with van der Waals surface area (Å²) in [4.78, 5) is 2.09. The Balaban J connectivity index is 2.32. The summed E-state index contributed by atoms with van der Waals surface area (Å²) in [7, 11) is 0. The number of aliphatic hydroxyl groups is 2. The van der Waals surface area contributed by atoms with Crippen molar-refractivity contribution >= 4 is 0 Å². The van der Waals surface area contributed by atoms with Gasteiger partial charge in [0, 0.05) is 19.7 Å². The second-order valence-electron chi connectivity index (χ2n) is 3.96. The van der Waals surface area contributed by atoms with E-state index in [1.807, 2.05) is 0 Å².